The van der Waals surface area contributed by atoms with E-state index in [9.17, 15) is 19.0 Å². The molecule has 0 amide bonds. The number of aromatic nitrogens is 3. The highest BCUT2D eigenvalue weighted by Gasteiger charge is 2.29. The molecule has 144 valence electrons. The van der Waals surface area contributed by atoms with E-state index in [2.05, 4.69) is 15.0 Å². The van der Waals surface area contributed by atoms with Crippen LogP contribution in [0.5, 0.6) is 5.75 Å². The van der Waals surface area contributed by atoms with Crippen LogP contribution in [0.4, 0.5) is 14.6 Å². The largest absolute Gasteiger partial charge is 0.506 e. The Morgan fingerprint density at radius 2 is 2.04 bits per heavy atom. The number of nitrogens with two attached hydrogens (primary N) is 1. The van der Waals surface area contributed by atoms with Gasteiger partial charge >= 0.3 is 5.92 Å². The van der Waals surface area contributed by atoms with E-state index < -0.39 is 17.8 Å². The van der Waals surface area contributed by atoms with Gasteiger partial charge in [0, 0.05) is 18.0 Å². The first-order chi connectivity index (χ1) is 13.2. The van der Waals surface area contributed by atoms with Crippen LogP contribution in [0.25, 0.3) is 21.8 Å². The molecule has 0 aliphatic heterocycles. The number of nitrogens with zero attached hydrogens (tertiary/aromatic N) is 3. The Kier molecular flexibility index (Phi) is 4.24. The maximum atomic E-state index is 13.4. The molecule has 4 aromatic heterocycles. The first-order valence-corrected chi connectivity index (χ1v) is 8.93. The molecule has 1 unspecified atom stereocenters. The van der Waals surface area contributed by atoms with E-state index in [1.165, 1.54) is 18.3 Å². The molecule has 4 rings (SSSR count). The molecular weight excluding hydrogens is 390 g/mol. The van der Waals surface area contributed by atoms with Crippen molar-refractivity contribution in [3.8, 4) is 17.3 Å². The summed E-state index contributed by atoms with van der Waals surface area (Å²) in [6.07, 6.45) is 0.271. The summed E-state index contributed by atoms with van der Waals surface area (Å²) in [5, 5.41) is 20.9. The van der Waals surface area contributed by atoms with Gasteiger partial charge in [-0.05, 0) is 30.3 Å². The molecule has 4 heterocycles. The average molecular weight is 404 g/mol. The zero-order valence-electron chi connectivity index (χ0n) is 14.4. The highest BCUT2D eigenvalue weighted by Crippen LogP contribution is 2.37. The molecule has 4 aromatic rings. The summed E-state index contributed by atoms with van der Waals surface area (Å²) in [5.41, 5.74) is 6.09. The van der Waals surface area contributed by atoms with Crippen molar-refractivity contribution in [3.63, 3.8) is 0 Å². The number of furan rings is 1. The summed E-state index contributed by atoms with van der Waals surface area (Å²) < 4.78 is 31.9. The number of fused-ring (bicyclic) bond motifs is 1. The number of aromatic hydroxyl groups is 1. The lowest BCUT2D eigenvalue weighted by Crippen LogP contribution is -2.04. The van der Waals surface area contributed by atoms with Gasteiger partial charge in [-0.3, -0.25) is 4.98 Å². The third-order valence-corrected chi connectivity index (χ3v) is 5.13. The summed E-state index contributed by atoms with van der Waals surface area (Å²) in [6, 6.07) is 7.08. The first kappa shape index (κ1) is 18.3. The molecule has 4 N–H and O–H groups in total. The number of pyridine rings is 1. The summed E-state index contributed by atoms with van der Waals surface area (Å²) in [7, 11) is 0. The Bertz CT molecular complexity index is 1170. The Labute approximate surface area is 161 Å². The highest BCUT2D eigenvalue weighted by molar-refractivity contribution is 7.18. The number of anilines is 1. The molecule has 0 radical (unpaired) electrons. The van der Waals surface area contributed by atoms with E-state index in [1.54, 1.807) is 12.1 Å². The normalized spacial score (nSPS) is 13.1. The van der Waals surface area contributed by atoms with Gasteiger partial charge in [-0.25, -0.2) is 9.97 Å². The summed E-state index contributed by atoms with van der Waals surface area (Å²) in [6.45, 7) is 0.730. The summed E-state index contributed by atoms with van der Waals surface area (Å²) in [5.74, 6) is -3.54. The Morgan fingerprint density at radius 3 is 2.71 bits per heavy atom. The van der Waals surface area contributed by atoms with Crippen LogP contribution >= 0.6 is 11.3 Å². The van der Waals surface area contributed by atoms with Crippen LogP contribution in [0.2, 0.25) is 0 Å². The zero-order valence-corrected chi connectivity index (χ0v) is 15.2. The number of nitrogen functional groups attached to an aromatic ring is 1. The lowest BCUT2D eigenvalue weighted by Gasteiger charge is -2.08. The van der Waals surface area contributed by atoms with Gasteiger partial charge < -0.3 is 20.4 Å². The lowest BCUT2D eigenvalue weighted by atomic mass is 10.1. The van der Waals surface area contributed by atoms with Crippen LogP contribution in [-0.4, -0.2) is 25.2 Å². The van der Waals surface area contributed by atoms with E-state index in [-0.39, 0.29) is 28.8 Å². The number of aliphatic hydroxyl groups is 1. The van der Waals surface area contributed by atoms with E-state index in [1.807, 2.05) is 0 Å². The predicted molar refractivity (Wildman–Crippen MR) is 99.1 cm³/mol. The van der Waals surface area contributed by atoms with E-state index in [0.717, 1.165) is 24.3 Å². The van der Waals surface area contributed by atoms with Crippen molar-refractivity contribution in [2.75, 3.05) is 5.73 Å². The topological polar surface area (TPSA) is 118 Å². The number of aliphatic hydroxyl groups excluding tert-OH is 1. The van der Waals surface area contributed by atoms with Gasteiger partial charge in [0.05, 0.1) is 5.39 Å². The molecule has 0 aliphatic rings. The molecule has 10 heteroatoms. The third kappa shape index (κ3) is 3.16. The second-order valence-electron chi connectivity index (χ2n) is 6.16. The van der Waals surface area contributed by atoms with Gasteiger partial charge in [0.1, 0.15) is 28.2 Å². The number of halogens is 2. The quantitative estimate of drug-likeness (QED) is 0.473. The molecule has 0 saturated heterocycles. The Balaban J connectivity index is 1.76. The molecular formula is C18H14F2N4O3S. The molecule has 0 fully saturated rings. The number of hydrogen-bond acceptors (Lipinski definition) is 8. The van der Waals surface area contributed by atoms with Gasteiger partial charge in [0.2, 0.25) is 0 Å². The monoisotopic (exact) mass is 404 g/mol. The number of thiophene rings is 1. The Morgan fingerprint density at radius 1 is 1.25 bits per heavy atom. The van der Waals surface area contributed by atoms with Crippen molar-refractivity contribution in [1.29, 1.82) is 0 Å². The summed E-state index contributed by atoms with van der Waals surface area (Å²) in [4.78, 5) is 13.3. The van der Waals surface area contributed by atoms with Crippen molar-refractivity contribution in [2.24, 2.45) is 0 Å². The smallest absolute Gasteiger partial charge is 0.301 e. The molecule has 1 atom stereocenters. The Hall–Kier alpha value is -3.11. The zero-order chi connectivity index (χ0) is 20.1. The lowest BCUT2D eigenvalue weighted by molar-refractivity contribution is -0.00473. The van der Waals surface area contributed by atoms with E-state index in [4.69, 9.17) is 10.2 Å². The van der Waals surface area contributed by atoms with Crippen LogP contribution in [0.1, 0.15) is 29.4 Å². The van der Waals surface area contributed by atoms with Gasteiger partial charge in [0.15, 0.2) is 17.3 Å². The van der Waals surface area contributed by atoms with Crippen molar-refractivity contribution in [1.82, 2.24) is 15.0 Å². The minimum atomic E-state index is -3.13. The third-order valence-electron chi connectivity index (χ3n) is 4.05. The van der Waals surface area contributed by atoms with Crippen LogP contribution in [0.3, 0.4) is 0 Å². The number of rotatable bonds is 4. The van der Waals surface area contributed by atoms with E-state index in [0.29, 0.717) is 15.1 Å². The van der Waals surface area contributed by atoms with Crippen LogP contribution < -0.4 is 5.73 Å². The van der Waals surface area contributed by atoms with Gasteiger partial charge in [0.25, 0.3) is 0 Å². The molecule has 0 spiro atoms. The molecule has 0 saturated carbocycles. The van der Waals surface area contributed by atoms with Crippen molar-refractivity contribution in [3.05, 3.63) is 52.9 Å². The van der Waals surface area contributed by atoms with Gasteiger partial charge in [-0.1, -0.05) is 0 Å². The van der Waals surface area contributed by atoms with Crippen LogP contribution in [0.15, 0.2) is 40.9 Å². The van der Waals surface area contributed by atoms with Crippen LogP contribution in [-0.2, 0) is 5.92 Å². The number of hydrogen-bond donors (Lipinski definition) is 3. The highest BCUT2D eigenvalue weighted by atomic mass is 32.1. The van der Waals surface area contributed by atoms with Crippen molar-refractivity contribution >= 4 is 27.4 Å². The van der Waals surface area contributed by atoms with Crippen molar-refractivity contribution < 1.29 is 23.4 Å². The van der Waals surface area contributed by atoms with E-state index >= 15 is 0 Å². The molecule has 0 aromatic carbocycles. The minimum absolute atomic E-state index is 0.0583. The van der Waals surface area contributed by atoms with Crippen LogP contribution in [0, 0.1) is 0 Å². The second-order valence-corrected chi connectivity index (χ2v) is 7.22. The second kappa shape index (κ2) is 6.50. The van der Waals surface area contributed by atoms with Gasteiger partial charge in [-0.2, -0.15) is 8.78 Å². The van der Waals surface area contributed by atoms with Gasteiger partial charge in [-0.15, -0.1) is 11.3 Å². The SMILES string of the molecule is CC(F)(F)c1ccc(-c2nc(N)c3cc(C(O)c4ncccc4O)sc3n2)o1. The maximum absolute atomic E-state index is 13.4. The molecule has 28 heavy (non-hydrogen) atoms. The molecule has 0 aliphatic carbocycles. The maximum Gasteiger partial charge on any atom is 0.301 e. The first-order valence-electron chi connectivity index (χ1n) is 8.11. The number of alkyl halides is 2. The van der Waals surface area contributed by atoms with Crippen molar-refractivity contribution in [2.45, 2.75) is 19.0 Å². The minimum Gasteiger partial charge on any atom is -0.506 e. The fraction of sp³-hybridized carbons (Fsp3) is 0.167. The summed E-state index contributed by atoms with van der Waals surface area (Å²) >= 11 is 1.12. The molecule has 7 nitrogen and oxygen atoms in total. The molecule has 0 bridgehead atoms. The fourth-order valence-electron chi connectivity index (χ4n) is 2.66. The fourth-order valence-corrected chi connectivity index (χ4v) is 3.68. The average Bonchev–Trinajstić information content (AvgIpc) is 3.28. The predicted octanol–water partition coefficient (Wildman–Crippen LogP) is 3.83. The standard InChI is InChI=1S/C18H14F2N4O3S/c1-18(19,20)12-5-4-10(27-12)16-23-15(21)8-7-11(28-17(8)24-16)14(26)13-9(25)3-2-6-22-13/h2-7,14,25-26H,1H3,(H2,21,23,24).